The van der Waals surface area contributed by atoms with Crippen molar-refractivity contribution in [1.82, 2.24) is 4.31 Å². The molecular weight excluding hydrogens is 372 g/mol. The van der Waals surface area contributed by atoms with Gasteiger partial charge in [-0.1, -0.05) is 29.8 Å². The zero-order valence-corrected chi connectivity index (χ0v) is 16.1. The zero-order chi connectivity index (χ0) is 18.7. The number of benzene rings is 2. The first-order chi connectivity index (χ1) is 12.4. The summed E-state index contributed by atoms with van der Waals surface area (Å²) < 4.78 is 26.6. The van der Waals surface area contributed by atoms with Crippen LogP contribution in [-0.4, -0.2) is 32.2 Å². The minimum Gasteiger partial charge on any atom is -0.324 e. The normalized spacial score (nSPS) is 14.1. The van der Waals surface area contributed by atoms with Gasteiger partial charge in [0.25, 0.3) is 0 Å². The predicted molar refractivity (Wildman–Crippen MR) is 103 cm³/mol. The molecule has 3 rings (SSSR count). The molecule has 0 unspecified atom stereocenters. The van der Waals surface area contributed by atoms with Crippen molar-refractivity contribution >= 4 is 33.2 Å². The first-order valence-corrected chi connectivity index (χ1v) is 10.3. The second-order valence-electron chi connectivity index (χ2n) is 6.43. The summed E-state index contributed by atoms with van der Waals surface area (Å²) in [6.07, 6.45) is 4.11. The average Bonchev–Trinajstić information content (AvgIpc) is 2.63. The largest absolute Gasteiger partial charge is 0.324 e. The molecule has 26 heavy (non-hydrogen) atoms. The van der Waals surface area contributed by atoms with Crippen LogP contribution in [0.5, 0.6) is 0 Å². The van der Waals surface area contributed by atoms with Gasteiger partial charge in [-0.3, -0.25) is 4.79 Å². The molecule has 0 aromatic heterocycles. The molecule has 1 amide bonds. The smallest absolute Gasteiger partial charge is 0.243 e. The summed E-state index contributed by atoms with van der Waals surface area (Å²) in [5, 5.41) is 3.04. The van der Waals surface area contributed by atoms with Gasteiger partial charge < -0.3 is 5.32 Å². The van der Waals surface area contributed by atoms with Crippen LogP contribution >= 0.6 is 11.6 Å². The van der Waals surface area contributed by atoms with Gasteiger partial charge in [0.2, 0.25) is 15.9 Å². The molecule has 138 valence electrons. The van der Waals surface area contributed by atoms with Crippen LogP contribution < -0.4 is 5.32 Å². The van der Waals surface area contributed by atoms with Gasteiger partial charge in [0, 0.05) is 7.05 Å². The van der Waals surface area contributed by atoms with Crippen molar-refractivity contribution in [2.75, 3.05) is 18.9 Å². The van der Waals surface area contributed by atoms with Crippen molar-refractivity contribution in [1.29, 1.82) is 0 Å². The summed E-state index contributed by atoms with van der Waals surface area (Å²) >= 11 is 6.01. The second-order valence-corrected chi connectivity index (χ2v) is 8.88. The number of halogens is 1. The number of carbonyl (C=O) groups excluding carboxylic acids is 1. The average molecular weight is 393 g/mol. The standard InChI is InChI=1S/C19H21ClN2O3S/c1-22(13-19(23)21-18-9-5-4-8-17(18)20)26(24,25)16-11-10-14-6-2-3-7-15(14)12-16/h4-5,8-12H,2-3,6-7,13H2,1H3,(H,21,23). The molecule has 0 radical (unpaired) electrons. The first kappa shape index (κ1) is 18.9. The van der Waals surface area contributed by atoms with E-state index in [0.29, 0.717) is 10.7 Å². The molecule has 0 atom stereocenters. The number of carbonyl (C=O) groups is 1. The summed E-state index contributed by atoms with van der Waals surface area (Å²) in [6.45, 7) is -0.287. The van der Waals surface area contributed by atoms with Crippen molar-refractivity contribution in [3.05, 3.63) is 58.6 Å². The number of likely N-dealkylation sites (N-methyl/N-ethyl adjacent to an activating group) is 1. The van der Waals surface area contributed by atoms with Gasteiger partial charge in [0.05, 0.1) is 22.2 Å². The third-order valence-electron chi connectivity index (χ3n) is 4.54. The van der Waals surface area contributed by atoms with Crippen LogP contribution in [0.1, 0.15) is 24.0 Å². The van der Waals surface area contributed by atoms with Crippen LogP contribution in [-0.2, 0) is 27.7 Å². The molecule has 0 spiro atoms. The van der Waals surface area contributed by atoms with Crippen LogP contribution in [0.3, 0.4) is 0 Å². The monoisotopic (exact) mass is 392 g/mol. The Bertz CT molecular complexity index is 928. The fourth-order valence-electron chi connectivity index (χ4n) is 3.09. The second kappa shape index (κ2) is 7.78. The van der Waals surface area contributed by atoms with Gasteiger partial charge in [-0.25, -0.2) is 8.42 Å². The van der Waals surface area contributed by atoms with Crippen LogP contribution in [0.25, 0.3) is 0 Å². The Labute approximate surface area is 159 Å². The molecule has 7 heteroatoms. The third-order valence-corrected chi connectivity index (χ3v) is 6.67. The van der Waals surface area contributed by atoms with E-state index in [0.717, 1.165) is 35.6 Å². The van der Waals surface area contributed by atoms with Crippen molar-refractivity contribution in [3.63, 3.8) is 0 Å². The van der Waals surface area contributed by atoms with Crippen LogP contribution in [0, 0.1) is 0 Å². The van der Waals surface area contributed by atoms with E-state index in [-0.39, 0.29) is 11.4 Å². The Kier molecular flexibility index (Phi) is 5.65. The molecule has 2 aromatic rings. The number of nitrogens with zero attached hydrogens (tertiary/aromatic N) is 1. The molecule has 1 aliphatic rings. The minimum atomic E-state index is -3.73. The van der Waals surface area contributed by atoms with E-state index in [1.54, 1.807) is 36.4 Å². The van der Waals surface area contributed by atoms with E-state index in [9.17, 15) is 13.2 Å². The number of hydrogen-bond donors (Lipinski definition) is 1. The van der Waals surface area contributed by atoms with Gasteiger partial charge in [-0.2, -0.15) is 4.31 Å². The van der Waals surface area contributed by atoms with Crippen LogP contribution in [0.15, 0.2) is 47.4 Å². The predicted octanol–water partition coefficient (Wildman–Crippen LogP) is 3.48. The van der Waals surface area contributed by atoms with Crippen LogP contribution in [0.2, 0.25) is 5.02 Å². The highest BCUT2D eigenvalue weighted by molar-refractivity contribution is 7.89. The van der Waals surface area contributed by atoms with E-state index in [2.05, 4.69) is 5.32 Å². The molecule has 0 aliphatic heterocycles. The molecule has 2 aromatic carbocycles. The van der Waals surface area contributed by atoms with Crippen molar-refractivity contribution < 1.29 is 13.2 Å². The number of nitrogens with one attached hydrogen (secondary N) is 1. The Balaban J connectivity index is 1.73. The highest BCUT2D eigenvalue weighted by atomic mass is 35.5. The number of sulfonamides is 1. The molecule has 0 saturated carbocycles. The fourth-order valence-corrected chi connectivity index (χ4v) is 4.45. The van der Waals surface area contributed by atoms with E-state index in [1.807, 2.05) is 6.07 Å². The van der Waals surface area contributed by atoms with Crippen molar-refractivity contribution in [2.24, 2.45) is 0 Å². The summed E-state index contributed by atoms with van der Waals surface area (Å²) in [7, 11) is -2.33. The maximum atomic E-state index is 12.8. The minimum absolute atomic E-state index is 0.228. The van der Waals surface area contributed by atoms with E-state index in [4.69, 9.17) is 11.6 Å². The molecule has 5 nitrogen and oxygen atoms in total. The Morgan fingerprint density at radius 1 is 1.12 bits per heavy atom. The highest BCUT2D eigenvalue weighted by Crippen LogP contribution is 2.25. The quantitative estimate of drug-likeness (QED) is 0.847. The summed E-state index contributed by atoms with van der Waals surface area (Å²) in [6, 6.07) is 12.1. The van der Waals surface area contributed by atoms with Crippen molar-refractivity contribution in [3.8, 4) is 0 Å². The van der Waals surface area contributed by atoms with Gasteiger partial charge in [-0.05, 0) is 61.1 Å². The highest BCUT2D eigenvalue weighted by Gasteiger charge is 2.24. The maximum absolute atomic E-state index is 12.8. The molecule has 0 fully saturated rings. The number of amides is 1. The molecule has 0 bridgehead atoms. The summed E-state index contributed by atoms with van der Waals surface area (Å²) in [4.78, 5) is 12.4. The van der Waals surface area contributed by atoms with Crippen molar-refractivity contribution in [2.45, 2.75) is 30.6 Å². The van der Waals surface area contributed by atoms with E-state index in [1.165, 1.54) is 12.6 Å². The molecule has 0 saturated heterocycles. The lowest BCUT2D eigenvalue weighted by molar-refractivity contribution is -0.116. The lowest BCUT2D eigenvalue weighted by Gasteiger charge is -2.20. The lowest BCUT2D eigenvalue weighted by Crippen LogP contribution is -2.35. The summed E-state index contributed by atoms with van der Waals surface area (Å²) in [5.41, 5.74) is 2.76. The molecular formula is C19H21ClN2O3S. The Morgan fingerprint density at radius 3 is 2.54 bits per heavy atom. The Hall–Kier alpha value is -1.89. The topological polar surface area (TPSA) is 66.5 Å². The van der Waals surface area contributed by atoms with Crippen LogP contribution in [0.4, 0.5) is 5.69 Å². The van der Waals surface area contributed by atoms with Gasteiger partial charge >= 0.3 is 0 Å². The summed E-state index contributed by atoms with van der Waals surface area (Å²) in [5.74, 6) is -0.442. The number of fused-ring (bicyclic) bond motifs is 1. The number of hydrogen-bond acceptors (Lipinski definition) is 3. The van der Waals surface area contributed by atoms with Gasteiger partial charge in [0.15, 0.2) is 0 Å². The fraction of sp³-hybridized carbons (Fsp3) is 0.316. The number of aryl methyl sites for hydroxylation is 2. The van der Waals surface area contributed by atoms with Gasteiger partial charge in [-0.15, -0.1) is 0 Å². The first-order valence-electron chi connectivity index (χ1n) is 8.50. The third kappa shape index (κ3) is 4.09. The Morgan fingerprint density at radius 2 is 1.81 bits per heavy atom. The number of para-hydroxylation sites is 1. The number of rotatable bonds is 5. The zero-order valence-electron chi connectivity index (χ0n) is 14.5. The lowest BCUT2D eigenvalue weighted by atomic mass is 9.92. The van der Waals surface area contributed by atoms with E-state index >= 15 is 0 Å². The maximum Gasteiger partial charge on any atom is 0.243 e. The van der Waals surface area contributed by atoms with Gasteiger partial charge in [0.1, 0.15) is 0 Å². The molecule has 1 aliphatic carbocycles. The SMILES string of the molecule is CN(CC(=O)Nc1ccccc1Cl)S(=O)(=O)c1ccc2c(c1)CCCC2. The van der Waals surface area contributed by atoms with E-state index < -0.39 is 15.9 Å². The molecule has 0 heterocycles. The number of anilines is 1. The molecule has 1 N–H and O–H groups in total.